The molecule has 0 saturated carbocycles. The smallest absolute Gasteiger partial charge is 0.420 e. The molecule has 1 rings (SSSR count). The summed E-state index contributed by atoms with van der Waals surface area (Å²) in [6.07, 6.45) is -4.48. The quantitative estimate of drug-likeness (QED) is 0.825. The molecule has 1 unspecified atom stereocenters. The van der Waals surface area contributed by atoms with Gasteiger partial charge in [0, 0.05) is 20.1 Å². The van der Waals surface area contributed by atoms with E-state index in [-0.39, 0.29) is 11.3 Å². The van der Waals surface area contributed by atoms with Crippen LogP contribution in [-0.4, -0.2) is 19.8 Å². The Morgan fingerprint density at radius 3 is 2.58 bits per heavy atom. The third kappa shape index (κ3) is 4.45. The van der Waals surface area contributed by atoms with Gasteiger partial charge in [0.15, 0.2) is 0 Å². The van der Waals surface area contributed by atoms with E-state index in [2.05, 4.69) is 0 Å². The van der Waals surface area contributed by atoms with E-state index in [1.54, 1.807) is 13.0 Å². The summed E-state index contributed by atoms with van der Waals surface area (Å²) in [6, 6.07) is 4.94. The van der Waals surface area contributed by atoms with Gasteiger partial charge in [-0.2, -0.15) is 18.4 Å². The average molecular weight is 273 g/mol. The molecule has 0 aromatic heterocycles. The van der Waals surface area contributed by atoms with Crippen LogP contribution in [0, 0.1) is 11.3 Å². The van der Waals surface area contributed by atoms with Gasteiger partial charge in [-0.15, -0.1) is 0 Å². The lowest BCUT2D eigenvalue weighted by atomic mass is 10.1. The fraction of sp³-hybridized carbons (Fsp3) is 0.462. The van der Waals surface area contributed by atoms with E-state index in [1.807, 2.05) is 0 Å². The molecule has 3 nitrogen and oxygen atoms in total. The number of halogens is 3. The second-order valence-corrected chi connectivity index (χ2v) is 4.03. The van der Waals surface area contributed by atoms with Gasteiger partial charge in [0.1, 0.15) is 5.75 Å². The van der Waals surface area contributed by atoms with Crippen LogP contribution in [0.1, 0.15) is 24.5 Å². The molecule has 0 fully saturated rings. The molecule has 0 N–H and O–H groups in total. The summed E-state index contributed by atoms with van der Waals surface area (Å²) < 4.78 is 48.7. The summed E-state index contributed by atoms with van der Waals surface area (Å²) in [4.78, 5) is 0. The van der Waals surface area contributed by atoms with Gasteiger partial charge in [-0.05, 0) is 25.1 Å². The SMILES string of the molecule is COCCC(C)Oc1ccc(C#N)cc1C(F)(F)F. The van der Waals surface area contributed by atoms with Crippen LogP contribution in [-0.2, 0) is 10.9 Å². The van der Waals surface area contributed by atoms with Crippen molar-refractivity contribution in [2.24, 2.45) is 0 Å². The summed E-state index contributed by atoms with van der Waals surface area (Å²) in [5, 5.41) is 8.64. The number of methoxy groups -OCH3 is 1. The van der Waals surface area contributed by atoms with E-state index in [9.17, 15) is 13.2 Å². The predicted molar refractivity (Wildman–Crippen MR) is 62.7 cm³/mol. The highest BCUT2D eigenvalue weighted by atomic mass is 19.4. The molecule has 6 heteroatoms. The van der Waals surface area contributed by atoms with Gasteiger partial charge in [0.25, 0.3) is 0 Å². The molecule has 1 aromatic rings. The first-order valence-electron chi connectivity index (χ1n) is 5.65. The van der Waals surface area contributed by atoms with Crippen molar-refractivity contribution in [3.05, 3.63) is 29.3 Å². The fourth-order valence-electron chi connectivity index (χ4n) is 1.48. The second kappa shape index (κ2) is 6.43. The molecule has 1 atom stereocenters. The summed E-state index contributed by atoms with van der Waals surface area (Å²) in [6.45, 7) is 2.07. The van der Waals surface area contributed by atoms with Crippen molar-refractivity contribution in [3.63, 3.8) is 0 Å². The van der Waals surface area contributed by atoms with Crippen LogP contribution in [0.2, 0.25) is 0 Å². The molecule has 0 aliphatic rings. The van der Waals surface area contributed by atoms with Crippen LogP contribution in [0.4, 0.5) is 13.2 Å². The number of ether oxygens (including phenoxy) is 2. The Morgan fingerprint density at radius 2 is 2.05 bits per heavy atom. The van der Waals surface area contributed by atoms with Gasteiger partial charge in [-0.1, -0.05) is 0 Å². The zero-order chi connectivity index (χ0) is 14.5. The van der Waals surface area contributed by atoms with E-state index in [0.29, 0.717) is 13.0 Å². The van der Waals surface area contributed by atoms with Crippen molar-refractivity contribution < 1.29 is 22.6 Å². The van der Waals surface area contributed by atoms with E-state index < -0.39 is 17.8 Å². The minimum atomic E-state index is -4.55. The Morgan fingerprint density at radius 1 is 1.37 bits per heavy atom. The monoisotopic (exact) mass is 273 g/mol. The largest absolute Gasteiger partial charge is 0.490 e. The van der Waals surface area contributed by atoms with Gasteiger partial charge < -0.3 is 9.47 Å². The summed E-state index contributed by atoms with van der Waals surface area (Å²) in [5.41, 5.74) is -0.986. The lowest BCUT2D eigenvalue weighted by molar-refractivity contribution is -0.139. The Bertz CT molecular complexity index is 466. The Balaban J connectivity index is 2.97. The average Bonchev–Trinajstić information content (AvgIpc) is 2.35. The first kappa shape index (κ1) is 15.3. The third-order valence-corrected chi connectivity index (χ3v) is 2.47. The molecule has 0 saturated heterocycles. The molecule has 19 heavy (non-hydrogen) atoms. The van der Waals surface area contributed by atoms with Gasteiger partial charge in [0.2, 0.25) is 0 Å². The molecular formula is C13H14F3NO2. The molecule has 0 amide bonds. The van der Waals surface area contributed by atoms with Crippen LogP contribution in [0.25, 0.3) is 0 Å². The fourth-order valence-corrected chi connectivity index (χ4v) is 1.48. The summed E-state index contributed by atoms with van der Waals surface area (Å²) in [7, 11) is 1.51. The maximum atomic E-state index is 12.9. The summed E-state index contributed by atoms with van der Waals surface area (Å²) >= 11 is 0. The van der Waals surface area contributed by atoms with E-state index in [0.717, 1.165) is 6.07 Å². The van der Waals surface area contributed by atoms with Crippen molar-refractivity contribution in [2.45, 2.75) is 25.6 Å². The lowest BCUT2D eigenvalue weighted by Crippen LogP contribution is -2.17. The predicted octanol–water partition coefficient (Wildman–Crippen LogP) is 3.38. The minimum Gasteiger partial charge on any atom is -0.490 e. The van der Waals surface area contributed by atoms with Crippen molar-refractivity contribution in [1.82, 2.24) is 0 Å². The number of hydrogen-bond acceptors (Lipinski definition) is 3. The van der Waals surface area contributed by atoms with Gasteiger partial charge >= 0.3 is 6.18 Å². The van der Waals surface area contributed by atoms with Crippen LogP contribution in [0.5, 0.6) is 5.75 Å². The Kier molecular flexibility index (Phi) is 5.19. The van der Waals surface area contributed by atoms with Crippen molar-refractivity contribution >= 4 is 0 Å². The zero-order valence-corrected chi connectivity index (χ0v) is 10.6. The van der Waals surface area contributed by atoms with E-state index in [1.165, 1.54) is 19.2 Å². The van der Waals surface area contributed by atoms with Crippen molar-refractivity contribution in [2.75, 3.05) is 13.7 Å². The highest BCUT2D eigenvalue weighted by Crippen LogP contribution is 2.37. The maximum Gasteiger partial charge on any atom is 0.420 e. The van der Waals surface area contributed by atoms with E-state index in [4.69, 9.17) is 14.7 Å². The summed E-state index contributed by atoms with van der Waals surface area (Å²) in [5.74, 6) is -0.268. The minimum absolute atomic E-state index is 0.0516. The number of rotatable bonds is 5. The first-order chi connectivity index (χ1) is 8.88. The normalized spacial score (nSPS) is 12.8. The molecule has 0 aliphatic carbocycles. The molecular weight excluding hydrogens is 259 g/mol. The maximum absolute atomic E-state index is 12.9. The van der Waals surface area contributed by atoms with Gasteiger partial charge in [0.05, 0.1) is 23.3 Å². The molecule has 0 heterocycles. The zero-order valence-electron chi connectivity index (χ0n) is 10.6. The Hall–Kier alpha value is -1.74. The first-order valence-corrected chi connectivity index (χ1v) is 5.65. The number of benzene rings is 1. The van der Waals surface area contributed by atoms with Gasteiger partial charge in [-0.25, -0.2) is 0 Å². The van der Waals surface area contributed by atoms with Gasteiger partial charge in [-0.3, -0.25) is 0 Å². The highest BCUT2D eigenvalue weighted by molar-refractivity contribution is 5.43. The van der Waals surface area contributed by atoms with Crippen LogP contribution in [0.3, 0.4) is 0 Å². The van der Waals surface area contributed by atoms with Crippen molar-refractivity contribution in [1.29, 1.82) is 5.26 Å². The molecule has 1 aromatic carbocycles. The highest BCUT2D eigenvalue weighted by Gasteiger charge is 2.35. The standard InChI is InChI=1S/C13H14F3NO2/c1-9(5-6-18-2)19-12-4-3-10(8-17)7-11(12)13(14,15)16/h3-4,7,9H,5-6H2,1-2H3. The topological polar surface area (TPSA) is 42.2 Å². The second-order valence-electron chi connectivity index (χ2n) is 4.03. The van der Waals surface area contributed by atoms with Crippen molar-refractivity contribution in [3.8, 4) is 11.8 Å². The molecule has 0 aliphatic heterocycles. The molecule has 104 valence electrons. The number of alkyl halides is 3. The lowest BCUT2D eigenvalue weighted by Gasteiger charge is -2.18. The van der Waals surface area contributed by atoms with Crippen LogP contribution < -0.4 is 4.74 Å². The molecule has 0 bridgehead atoms. The van der Waals surface area contributed by atoms with Crippen LogP contribution >= 0.6 is 0 Å². The third-order valence-electron chi connectivity index (χ3n) is 2.47. The molecule has 0 spiro atoms. The number of nitrogens with zero attached hydrogens (tertiary/aromatic N) is 1. The van der Waals surface area contributed by atoms with Crippen LogP contribution in [0.15, 0.2) is 18.2 Å². The molecule has 0 radical (unpaired) electrons. The number of hydrogen-bond donors (Lipinski definition) is 0. The number of nitriles is 1. The van der Waals surface area contributed by atoms with E-state index >= 15 is 0 Å². The Labute approximate surface area is 109 Å².